The Morgan fingerprint density at radius 1 is 1.03 bits per heavy atom. The van der Waals surface area contributed by atoms with E-state index >= 15 is 0 Å². The standard InChI is InChI=1S/C20H20F4N4O2S/c1-27(2)12-13-28-18(20(22,23)24)17(14-8-10-15(21)11-9-14)19(25-28)26-31(29,30)16-6-4-3-5-7-16/h3-11H,12-13H2,1-2H3,(H,25,26). The van der Waals surface area contributed by atoms with Gasteiger partial charge in [-0.3, -0.25) is 9.40 Å². The number of rotatable bonds is 7. The van der Waals surface area contributed by atoms with Gasteiger partial charge < -0.3 is 4.90 Å². The zero-order chi connectivity index (χ0) is 22.8. The molecule has 0 saturated carbocycles. The first-order chi connectivity index (χ1) is 14.5. The van der Waals surface area contributed by atoms with Gasteiger partial charge in [0, 0.05) is 6.54 Å². The number of likely N-dealkylation sites (N-methyl/N-ethyl adjacent to an activating group) is 1. The smallest absolute Gasteiger partial charge is 0.308 e. The molecule has 1 aromatic heterocycles. The van der Waals surface area contributed by atoms with E-state index in [1.54, 1.807) is 25.1 Å². The fraction of sp³-hybridized carbons (Fsp3) is 0.250. The molecule has 0 amide bonds. The maximum Gasteiger partial charge on any atom is 0.433 e. The lowest BCUT2D eigenvalue weighted by molar-refractivity contribution is -0.143. The zero-order valence-corrected chi connectivity index (χ0v) is 17.5. The fourth-order valence-electron chi connectivity index (χ4n) is 2.95. The van der Waals surface area contributed by atoms with E-state index in [0.29, 0.717) is 0 Å². The van der Waals surface area contributed by atoms with Crippen LogP contribution in [0.25, 0.3) is 11.1 Å². The van der Waals surface area contributed by atoms with Crippen LogP contribution < -0.4 is 4.72 Å². The minimum absolute atomic E-state index is 0.0180. The summed E-state index contributed by atoms with van der Waals surface area (Å²) >= 11 is 0. The summed E-state index contributed by atoms with van der Waals surface area (Å²) in [7, 11) is -0.828. The van der Waals surface area contributed by atoms with Crippen molar-refractivity contribution in [1.82, 2.24) is 14.7 Å². The van der Waals surface area contributed by atoms with Gasteiger partial charge in [-0.15, -0.1) is 0 Å². The van der Waals surface area contributed by atoms with Gasteiger partial charge in [-0.1, -0.05) is 30.3 Å². The average Bonchev–Trinajstić information content (AvgIpc) is 3.05. The molecule has 0 unspecified atom stereocenters. The molecular formula is C20H20F4N4O2S. The number of nitrogens with one attached hydrogen (secondary N) is 1. The van der Waals surface area contributed by atoms with Crippen LogP contribution in [-0.4, -0.2) is 43.7 Å². The topological polar surface area (TPSA) is 67.2 Å². The highest BCUT2D eigenvalue weighted by Crippen LogP contribution is 2.42. The Labute approximate surface area is 177 Å². The van der Waals surface area contributed by atoms with E-state index in [0.717, 1.165) is 28.9 Å². The van der Waals surface area contributed by atoms with Gasteiger partial charge in [0.15, 0.2) is 11.5 Å². The Bertz CT molecular complexity index is 1140. The average molecular weight is 456 g/mol. The zero-order valence-electron chi connectivity index (χ0n) is 16.7. The third-order valence-electron chi connectivity index (χ3n) is 4.40. The highest BCUT2D eigenvalue weighted by molar-refractivity contribution is 7.92. The molecule has 0 saturated heterocycles. The number of nitrogens with zero attached hydrogens (tertiary/aromatic N) is 3. The number of halogens is 4. The Hall–Kier alpha value is -2.92. The summed E-state index contributed by atoms with van der Waals surface area (Å²) in [5.74, 6) is -1.12. The highest BCUT2D eigenvalue weighted by Gasteiger charge is 2.41. The number of sulfonamides is 1. The van der Waals surface area contributed by atoms with Crippen LogP contribution in [0, 0.1) is 5.82 Å². The summed E-state index contributed by atoms with van der Waals surface area (Å²) in [5, 5.41) is 3.94. The summed E-state index contributed by atoms with van der Waals surface area (Å²) in [4.78, 5) is 1.55. The molecule has 3 rings (SSSR count). The molecule has 1 N–H and O–H groups in total. The molecule has 0 aliphatic heterocycles. The molecule has 2 aromatic carbocycles. The molecule has 11 heteroatoms. The van der Waals surface area contributed by atoms with Crippen molar-refractivity contribution >= 4 is 15.8 Å². The van der Waals surface area contributed by atoms with E-state index in [1.165, 1.54) is 24.3 Å². The Kier molecular flexibility index (Phi) is 6.37. The van der Waals surface area contributed by atoms with Crippen LogP contribution in [0.2, 0.25) is 0 Å². The summed E-state index contributed by atoms with van der Waals surface area (Å²) < 4.78 is 83.9. The van der Waals surface area contributed by atoms with Crippen LogP contribution in [0.15, 0.2) is 59.5 Å². The molecule has 6 nitrogen and oxygen atoms in total. The lowest BCUT2D eigenvalue weighted by atomic mass is 10.0. The number of hydrogen-bond donors (Lipinski definition) is 1. The van der Waals surface area contributed by atoms with Crippen molar-refractivity contribution in [2.45, 2.75) is 17.6 Å². The van der Waals surface area contributed by atoms with Gasteiger partial charge >= 0.3 is 6.18 Å². The van der Waals surface area contributed by atoms with Gasteiger partial charge in [-0.25, -0.2) is 12.8 Å². The first-order valence-corrected chi connectivity index (χ1v) is 10.6. The van der Waals surface area contributed by atoms with Crippen LogP contribution in [0.1, 0.15) is 5.69 Å². The number of hydrogen-bond acceptors (Lipinski definition) is 4. The Morgan fingerprint density at radius 2 is 1.65 bits per heavy atom. The second-order valence-electron chi connectivity index (χ2n) is 7.02. The summed E-state index contributed by atoms with van der Waals surface area (Å²) in [6, 6.07) is 11.5. The molecule has 0 fully saturated rings. The van der Waals surface area contributed by atoms with Crippen molar-refractivity contribution in [2.24, 2.45) is 0 Å². The molecule has 0 bridgehead atoms. The molecule has 0 spiro atoms. The molecular weight excluding hydrogens is 436 g/mol. The lowest BCUT2D eigenvalue weighted by Crippen LogP contribution is -2.23. The van der Waals surface area contributed by atoms with Crippen LogP contribution in [0.3, 0.4) is 0 Å². The summed E-state index contributed by atoms with van der Waals surface area (Å²) in [6.07, 6.45) is -4.83. The van der Waals surface area contributed by atoms with Gasteiger partial charge in [0.2, 0.25) is 0 Å². The third kappa shape index (κ3) is 5.23. The Balaban J connectivity index is 2.20. The van der Waals surface area contributed by atoms with E-state index < -0.39 is 39.1 Å². The third-order valence-corrected chi connectivity index (χ3v) is 5.75. The first-order valence-electron chi connectivity index (χ1n) is 9.15. The van der Waals surface area contributed by atoms with E-state index in [1.807, 2.05) is 0 Å². The SMILES string of the molecule is CN(C)CCn1nc(NS(=O)(=O)c2ccccc2)c(-c2ccc(F)cc2)c1C(F)(F)F. The molecule has 3 aromatic rings. The number of alkyl halides is 3. The van der Waals surface area contributed by atoms with Crippen LogP contribution in [0.4, 0.5) is 23.4 Å². The van der Waals surface area contributed by atoms with Crippen LogP contribution in [-0.2, 0) is 22.7 Å². The van der Waals surface area contributed by atoms with Gasteiger partial charge in [-0.2, -0.15) is 18.3 Å². The van der Waals surface area contributed by atoms with Crippen molar-refractivity contribution in [1.29, 1.82) is 0 Å². The predicted molar refractivity (Wildman–Crippen MR) is 108 cm³/mol. The molecule has 166 valence electrons. The minimum Gasteiger partial charge on any atom is -0.308 e. The normalized spacial score (nSPS) is 12.4. The molecule has 31 heavy (non-hydrogen) atoms. The van der Waals surface area contributed by atoms with Crippen molar-refractivity contribution < 1.29 is 26.0 Å². The maximum atomic E-state index is 14.0. The maximum absolute atomic E-state index is 14.0. The number of benzene rings is 2. The van der Waals surface area contributed by atoms with E-state index in [4.69, 9.17) is 0 Å². The van der Waals surface area contributed by atoms with E-state index in [2.05, 4.69) is 9.82 Å². The quantitative estimate of drug-likeness (QED) is 0.545. The number of aromatic nitrogens is 2. The molecule has 0 radical (unpaired) electrons. The molecule has 1 heterocycles. The summed E-state index contributed by atoms with van der Waals surface area (Å²) in [6.45, 7) is 0.0988. The van der Waals surface area contributed by atoms with Gasteiger partial charge in [-0.05, 0) is 43.9 Å². The monoisotopic (exact) mass is 456 g/mol. The van der Waals surface area contributed by atoms with Gasteiger partial charge in [0.25, 0.3) is 10.0 Å². The van der Waals surface area contributed by atoms with Crippen molar-refractivity contribution in [2.75, 3.05) is 25.4 Å². The minimum atomic E-state index is -4.83. The number of anilines is 1. The van der Waals surface area contributed by atoms with Crippen LogP contribution in [0.5, 0.6) is 0 Å². The van der Waals surface area contributed by atoms with Crippen molar-refractivity contribution in [3.8, 4) is 11.1 Å². The first kappa shape index (κ1) is 22.8. The van der Waals surface area contributed by atoms with E-state index in [9.17, 15) is 26.0 Å². The lowest BCUT2D eigenvalue weighted by Gasteiger charge is -2.15. The molecule has 0 atom stereocenters. The fourth-order valence-corrected chi connectivity index (χ4v) is 3.98. The second kappa shape index (κ2) is 8.67. The summed E-state index contributed by atoms with van der Waals surface area (Å²) in [5.41, 5.74) is -1.60. The van der Waals surface area contributed by atoms with Crippen molar-refractivity contribution in [3.05, 3.63) is 66.1 Å². The van der Waals surface area contributed by atoms with Gasteiger partial charge in [0.05, 0.1) is 17.0 Å². The van der Waals surface area contributed by atoms with Crippen LogP contribution >= 0.6 is 0 Å². The van der Waals surface area contributed by atoms with Gasteiger partial charge in [0.1, 0.15) is 5.82 Å². The van der Waals surface area contributed by atoms with Crippen molar-refractivity contribution in [3.63, 3.8) is 0 Å². The predicted octanol–water partition coefficient (Wildman–Crippen LogP) is 4.07. The largest absolute Gasteiger partial charge is 0.433 e. The Morgan fingerprint density at radius 3 is 2.19 bits per heavy atom. The molecule has 0 aliphatic rings. The second-order valence-corrected chi connectivity index (χ2v) is 8.70. The van der Waals surface area contributed by atoms with E-state index in [-0.39, 0.29) is 23.5 Å². The molecule has 0 aliphatic carbocycles. The highest BCUT2D eigenvalue weighted by atomic mass is 32.2.